The number of aliphatic hydroxyl groups excluding tert-OH is 2. The minimum atomic E-state index is -1.01. The van der Waals surface area contributed by atoms with Gasteiger partial charge in [-0.1, -0.05) is 49.4 Å². The number of imide groups is 1. The smallest absolute Gasteiger partial charge is 0.325 e. The molecule has 1 aliphatic heterocycles. The molecule has 0 bridgehead atoms. The van der Waals surface area contributed by atoms with Crippen molar-refractivity contribution in [2.45, 2.75) is 38.0 Å². The average molecular weight is 685 g/mol. The predicted molar refractivity (Wildman–Crippen MR) is 162 cm³/mol. The number of carbonyl (C=O) groups excluding carboxylic acids is 2. The van der Waals surface area contributed by atoms with E-state index < -0.39 is 42.6 Å². The summed E-state index contributed by atoms with van der Waals surface area (Å²) in [6.07, 6.45) is -1.01. The van der Waals surface area contributed by atoms with Gasteiger partial charge in [0.1, 0.15) is 42.2 Å². The van der Waals surface area contributed by atoms with Gasteiger partial charge >= 0.3 is 6.03 Å². The third kappa shape index (κ3) is 6.03. The third-order valence-corrected chi connectivity index (χ3v) is 7.97. The number of benzene rings is 3. The molecule has 0 radical (unpaired) electrons. The lowest BCUT2D eigenvalue weighted by Gasteiger charge is -2.29. The molecule has 11 heteroatoms. The quantitative estimate of drug-likeness (QED) is 0.138. The number of aryl methyl sites for hydroxylation is 1. The van der Waals surface area contributed by atoms with Crippen LogP contribution in [0, 0.1) is 16.3 Å². The van der Waals surface area contributed by atoms with Crippen LogP contribution in [0.4, 0.5) is 9.18 Å². The molecule has 1 unspecified atom stereocenters. The van der Waals surface area contributed by atoms with E-state index in [1.807, 2.05) is 59.8 Å². The zero-order valence-corrected chi connectivity index (χ0v) is 25.1. The van der Waals surface area contributed by atoms with Crippen LogP contribution in [-0.2, 0) is 4.79 Å². The maximum Gasteiger partial charge on any atom is 0.325 e. The second-order valence-corrected chi connectivity index (χ2v) is 11.4. The molecule has 4 N–H and O–H groups in total. The number of H-pyrrole nitrogens is 1. The number of aliphatic hydroxyl groups is 2. The highest BCUT2D eigenvalue weighted by Gasteiger charge is 2.46. The summed E-state index contributed by atoms with van der Waals surface area (Å²) in [4.78, 5) is 36.5. The molecule has 1 fully saturated rings. The Morgan fingerprint density at radius 1 is 1.10 bits per heavy atom. The molecule has 3 aromatic carbocycles. The van der Waals surface area contributed by atoms with Crippen molar-refractivity contribution in [1.82, 2.24) is 20.2 Å². The molecular weight excluding hydrogens is 654 g/mol. The van der Waals surface area contributed by atoms with Crippen molar-refractivity contribution in [3.63, 3.8) is 0 Å². The number of ether oxygens (including phenoxy) is 1. The number of carbonyl (C=O) groups is 2. The highest BCUT2D eigenvalue weighted by atomic mass is 127. The van der Waals surface area contributed by atoms with E-state index >= 15 is 0 Å². The minimum absolute atomic E-state index is 0.0849. The topological polar surface area (TPSA) is 128 Å². The summed E-state index contributed by atoms with van der Waals surface area (Å²) in [5.41, 5.74) is 2.82. The third-order valence-electron chi connectivity index (χ3n) is 7.30. The number of rotatable bonds is 10. The monoisotopic (exact) mass is 684 g/mol. The van der Waals surface area contributed by atoms with Gasteiger partial charge in [-0.15, -0.1) is 0 Å². The highest BCUT2D eigenvalue weighted by molar-refractivity contribution is 14.1. The van der Waals surface area contributed by atoms with Crippen LogP contribution in [0.3, 0.4) is 0 Å². The van der Waals surface area contributed by atoms with E-state index in [0.717, 1.165) is 9.13 Å². The number of amides is 3. The van der Waals surface area contributed by atoms with Crippen LogP contribution >= 0.6 is 22.6 Å². The van der Waals surface area contributed by atoms with E-state index in [1.165, 1.54) is 11.0 Å². The van der Waals surface area contributed by atoms with Crippen LogP contribution in [0.15, 0.2) is 72.8 Å². The summed E-state index contributed by atoms with van der Waals surface area (Å²) in [5.74, 6) is -0.397. The summed E-state index contributed by atoms with van der Waals surface area (Å²) in [6.45, 7) is 3.17. The fourth-order valence-electron chi connectivity index (χ4n) is 5.08. The summed E-state index contributed by atoms with van der Waals surface area (Å²) >= 11 is 2.05. The maximum absolute atomic E-state index is 14.9. The van der Waals surface area contributed by atoms with Gasteiger partial charge in [0.15, 0.2) is 0 Å². The molecule has 218 valence electrons. The number of nitrogens with zero attached hydrogens (tertiary/aromatic N) is 2. The number of hydrogen-bond donors (Lipinski definition) is 4. The number of urea groups is 1. The fraction of sp³-hybridized carbons (Fsp3) is 0.258. The van der Waals surface area contributed by atoms with Crippen molar-refractivity contribution in [1.29, 1.82) is 0 Å². The lowest BCUT2D eigenvalue weighted by molar-refractivity contribution is -0.129. The summed E-state index contributed by atoms with van der Waals surface area (Å²) in [6, 6.07) is 18.7. The van der Waals surface area contributed by atoms with E-state index in [2.05, 4.69) is 10.3 Å². The Bertz CT molecular complexity index is 1580. The molecule has 1 aliphatic rings. The standard InChI is InChI=1S/C31H30FIN4O5/c1-17(19-6-4-3-5-7-19)28(29-34-18(2)26(35-29)24-13-10-21(33)14-25(24)32)37-30(40)27(36-31(37)41)20-8-11-23(12-9-20)42-16-22(39)15-38/h3-14,17,22,27-28,38-39H,15-16H2,1-2H3,(H,34,35)(H,36,41)/t17-,22-,27+,28?/m0/s1. The van der Waals surface area contributed by atoms with Gasteiger partial charge in [0.2, 0.25) is 0 Å². The number of hydrogen-bond acceptors (Lipinski definition) is 6. The predicted octanol–water partition coefficient (Wildman–Crippen LogP) is 5.00. The molecule has 0 spiro atoms. The van der Waals surface area contributed by atoms with Gasteiger partial charge in [0, 0.05) is 15.1 Å². The number of imidazole rings is 1. The molecule has 9 nitrogen and oxygen atoms in total. The summed E-state index contributed by atoms with van der Waals surface area (Å²) in [5, 5.41) is 21.3. The van der Waals surface area contributed by atoms with E-state index in [1.54, 1.807) is 43.3 Å². The van der Waals surface area contributed by atoms with Crippen molar-refractivity contribution >= 4 is 34.5 Å². The lowest BCUT2D eigenvalue weighted by atomic mass is 9.91. The molecule has 2 heterocycles. The van der Waals surface area contributed by atoms with Crippen molar-refractivity contribution in [3.05, 3.63) is 105 Å². The highest BCUT2D eigenvalue weighted by Crippen LogP contribution is 2.40. The van der Waals surface area contributed by atoms with Gasteiger partial charge in [0.05, 0.1) is 18.0 Å². The van der Waals surface area contributed by atoms with Crippen molar-refractivity contribution in [3.8, 4) is 17.0 Å². The van der Waals surface area contributed by atoms with E-state index in [9.17, 15) is 19.1 Å². The fourth-order valence-corrected chi connectivity index (χ4v) is 5.54. The van der Waals surface area contributed by atoms with E-state index in [0.29, 0.717) is 34.1 Å². The largest absolute Gasteiger partial charge is 0.491 e. The van der Waals surface area contributed by atoms with E-state index in [-0.39, 0.29) is 12.5 Å². The molecule has 1 aromatic heterocycles. The zero-order valence-electron chi connectivity index (χ0n) is 22.9. The second kappa shape index (κ2) is 12.6. The second-order valence-electron chi connectivity index (χ2n) is 10.2. The van der Waals surface area contributed by atoms with Crippen LogP contribution in [0.25, 0.3) is 11.3 Å². The van der Waals surface area contributed by atoms with Crippen LogP contribution in [0.2, 0.25) is 0 Å². The Morgan fingerprint density at radius 2 is 1.81 bits per heavy atom. The van der Waals surface area contributed by atoms with Gasteiger partial charge in [-0.3, -0.25) is 9.69 Å². The van der Waals surface area contributed by atoms with Crippen molar-refractivity contribution < 1.29 is 28.9 Å². The molecule has 4 aromatic rings. The number of aromatic nitrogens is 2. The Hall–Kier alpha value is -3.81. The number of aromatic amines is 1. The lowest BCUT2D eigenvalue weighted by Crippen LogP contribution is -2.38. The molecule has 5 rings (SSSR count). The Morgan fingerprint density at radius 3 is 2.48 bits per heavy atom. The van der Waals surface area contributed by atoms with Crippen LogP contribution in [0.1, 0.15) is 47.6 Å². The minimum Gasteiger partial charge on any atom is -0.491 e. The van der Waals surface area contributed by atoms with Crippen LogP contribution in [0.5, 0.6) is 5.75 Å². The summed E-state index contributed by atoms with van der Waals surface area (Å²) < 4.78 is 21.1. The number of nitrogens with one attached hydrogen (secondary N) is 2. The first-order valence-electron chi connectivity index (χ1n) is 13.4. The molecular formula is C31H30FIN4O5. The van der Waals surface area contributed by atoms with E-state index in [4.69, 9.17) is 14.8 Å². The van der Waals surface area contributed by atoms with Gasteiger partial charge in [-0.25, -0.2) is 14.2 Å². The summed E-state index contributed by atoms with van der Waals surface area (Å²) in [7, 11) is 0. The van der Waals surface area contributed by atoms with Gasteiger partial charge in [-0.2, -0.15) is 0 Å². The Kier molecular flexibility index (Phi) is 8.90. The first-order chi connectivity index (χ1) is 20.2. The molecule has 4 atom stereocenters. The molecule has 42 heavy (non-hydrogen) atoms. The SMILES string of the molecule is Cc1nc(C([C@@H](C)c2ccccc2)N2C(=O)N[C@H](c3ccc(OC[C@@H](O)CO)cc3)C2=O)[nH]c1-c1ccc(I)cc1F. The zero-order chi connectivity index (χ0) is 30.0. The molecule has 0 aliphatic carbocycles. The Balaban J connectivity index is 1.49. The normalized spacial score (nSPS) is 17.2. The number of halogens is 2. The van der Waals surface area contributed by atoms with Gasteiger partial charge in [-0.05, 0) is 71.0 Å². The van der Waals surface area contributed by atoms with Crippen LogP contribution < -0.4 is 10.1 Å². The molecule has 1 saturated heterocycles. The Labute approximate surface area is 255 Å². The first-order valence-corrected chi connectivity index (χ1v) is 14.5. The average Bonchev–Trinajstić information content (AvgIpc) is 3.51. The van der Waals surface area contributed by atoms with Crippen LogP contribution in [-0.4, -0.2) is 56.3 Å². The van der Waals surface area contributed by atoms with Crippen molar-refractivity contribution in [2.24, 2.45) is 0 Å². The van der Waals surface area contributed by atoms with Gasteiger partial charge in [0.25, 0.3) is 5.91 Å². The van der Waals surface area contributed by atoms with Gasteiger partial charge < -0.3 is 25.3 Å². The first kappa shape index (κ1) is 29.7. The maximum atomic E-state index is 14.9. The van der Waals surface area contributed by atoms with Crippen molar-refractivity contribution in [2.75, 3.05) is 13.2 Å². The molecule has 3 amide bonds. The molecule has 0 saturated carbocycles.